The van der Waals surface area contributed by atoms with Gasteiger partial charge in [0.1, 0.15) is 0 Å². The van der Waals surface area contributed by atoms with Crippen LogP contribution in [-0.4, -0.2) is 33.5 Å². The molecule has 0 unspecified atom stereocenters. The van der Waals surface area contributed by atoms with Crippen LogP contribution in [0.25, 0.3) is 0 Å². The molecule has 0 amide bonds. The summed E-state index contributed by atoms with van der Waals surface area (Å²) in [6.45, 7) is 7.35. The summed E-state index contributed by atoms with van der Waals surface area (Å²) in [6, 6.07) is 0. The van der Waals surface area contributed by atoms with E-state index in [0.717, 1.165) is 38.5 Å². The molecule has 0 heterocycles. The molecule has 4 fully saturated rings. The lowest BCUT2D eigenvalue weighted by molar-refractivity contribution is -0.187. The molecule has 3 N–H and O–H groups in total. The molecule has 0 aromatic heterocycles. The van der Waals surface area contributed by atoms with Crippen LogP contribution in [0.4, 0.5) is 0 Å². The number of aliphatic hydroxyl groups is 2. The zero-order valence-corrected chi connectivity index (χ0v) is 17.9. The highest BCUT2D eigenvalue weighted by molar-refractivity contribution is 5.66. The second-order valence-electron chi connectivity index (χ2n) is 11.3. The first kappa shape index (κ1) is 20.7. The first-order chi connectivity index (χ1) is 13.2. The molecular weight excluding hydrogens is 352 g/mol. The molecule has 0 saturated heterocycles. The van der Waals surface area contributed by atoms with Gasteiger partial charge in [-0.05, 0) is 104 Å². The lowest BCUT2D eigenvalue weighted by Crippen LogP contribution is -2.60. The van der Waals surface area contributed by atoms with E-state index in [9.17, 15) is 15.0 Å². The van der Waals surface area contributed by atoms with Crippen LogP contribution in [-0.2, 0) is 4.79 Å². The molecule has 4 saturated carbocycles. The van der Waals surface area contributed by atoms with E-state index < -0.39 is 5.97 Å². The van der Waals surface area contributed by atoms with Gasteiger partial charge in [0.05, 0.1) is 12.2 Å². The Kier molecular flexibility index (Phi) is 5.36. The van der Waals surface area contributed by atoms with Crippen molar-refractivity contribution >= 4 is 5.97 Å². The highest BCUT2D eigenvalue weighted by Crippen LogP contribution is 2.69. The van der Waals surface area contributed by atoms with Crippen molar-refractivity contribution in [2.24, 2.45) is 46.3 Å². The Labute approximate surface area is 170 Å². The maximum absolute atomic E-state index is 11.3. The van der Waals surface area contributed by atoms with Crippen LogP contribution < -0.4 is 0 Å². The third-order valence-electron chi connectivity index (χ3n) is 10.4. The lowest BCUT2D eigenvalue weighted by Gasteiger charge is -2.64. The predicted octanol–water partition coefficient (Wildman–Crippen LogP) is 4.48. The zero-order chi connectivity index (χ0) is 20.3. The minimum atomic E-state index is -0.683. The van der Waals surface area contributed by atoms with E-state index in [-0.39, 0.29) is 29.5 Å². The van der Waals surface area contributed by atoms with Crippen LogP contribution >= 0.6 is 0 Å². The van der Waals surface area contributed by atoms with Gasteiger partial charge in [-0.3, -0.25) is 4.79 Å². The van der Waals surface area contributed by atoms with Gasteiger partial charge in [0, 0.05) is 6.42 Å². The summed E-state index contributed by atoms with van der Waals surface area (Å²) in [7, 11) is 0. The molecule has 0 aliphatic heterocycles. The predicted molar refractivity (Wildman–Crippen MR) is 109 cm³/mol. The van der Waals surface area contributed by atoms with Gasteiger partial charge in [-0.15, -0.1) is 0 Å². The summed E-state index contributed by atoms with van der Waals surface area (Å²) in [5.41, 5.74) is 0.498. The fourth-order valence-electron chi connectivity index (χ4n) is 8.65. The third kappa shape index (κ3) is 3.05. The Bertz CT molecular complexity index is 605. The molecule has 160 valence electrons. The Morgan fingerprint density at radius 1 is 1.04 bits per heavy atom. The van der Waals surface area contributed by atoms with E-state index in [4.69, 9.17) is 5.11 Å². The number of hydrogen-bond donors (Lipinski definition) is 3. The van der Waals surface area contributed by atoms with E-state index in [1.54, 1.807) is 0 Å². The zero-order valence-electron chi connectivity index (χ0n) is 17.9. The number of carboxylic acid groups (broad SMARTS) is 1. The average molecular weight is 393 g/mol. The van der Waals surface area contributed by atoms with Gasteiger partial charge in [-0.25, -0.2) is 0 Å². The van der Waals surface area contributed by atoms with Crippen molar-refractivity contribution in [2.45, 2.75) is 97.2 Å². The second-order valence-corrected chi connectivity index (χ2v) is 11.3. The molecule has 0 spiro atoms. The van der Waals surface area contributed by atoms with E-state index in [1.165, 1.54) is 19.3 Å². The Hall–Kier alpha value is -0.610. The molecule has 4 heteroatoms. The highest BCUT2D eigenvalue weighted by Gasteiger charge is 2.64. The standard InChI is InChI=1S/C24H40O4/c1-14-11-19-22(20(26)13-16-12-17(25)9-10-23(16,19)2)18-8-7-15(24(14,18)3)5-4-6-21(27)28/h14-20,22,25-26H,4-13H2,1-3H3,(H,27,28)/t14-,15-,16-,17+,18-,19-,20+,22-,23-,24+/m0/s1. The summed E-state index contributed by atoms with van der Waals surface area (Å²) in [4.78, 5) is 11.0. The fourth-order valence-corrected chi connectivity index (χ4v) is 8.65. The first-order valence-electron chi connectivity index (χ1n) is 11.8. The minimum Gasteiger partial charge on any atom is -0.481 e. The largest absolute Gasteiger partial charge is 0.481 e. The molecule has 28 heavy (non-hydrogen) atoms. The number of carboxylic acids is 1. The third-order valence-corrected chi connectivity index (χ3v) is 10.4. The van der Waals surface area contributed by atoms with Gasteiger partial charge in [0.25, 0.3) is 0 Å². The van der Waals surface area contributed by atoms with E-state index in [2.05, 4.69) is 20.8 Å². The molecule has 4 aliphatic rings. The van der Waals surface area contributed by atoms with E-state index in [1.807, 2.05) is 0 Å². The molecule has 10 atom stereocenters. The molecular formula is C24H40O4. The Balaban J connectivity index is 1.58. The SMILES string of the molecule is C[C@H]1C[C@H]2[C@@H]([C@H](O)C[C@@H]3C[C@H](O)CC[C@@]32C)[C@@H]2CC[C@H](CCCC(=O)O)[C@@]12C. The van der Waals surface area contributed by atoms with Crippen LogP contribution in [0, 0.1) is 46.3 Å². The number of carbonyl (C=O) groups is 1. The normalized spacial score (nSPS) is 53.2. The smallest absolute Gasteiger partial charge is 0.303 e. The molecule has 4 rings (SSSR count). The van der Waals surface area contributed by atoms with Gasteiger partial charge in [0.2, 0.25) is 0 Å². The molecule has 0 radical (unpaired) electrons. The molecule has 0 aromatic carbocycles. The minimum absolute atomic E-state index is 0.182. The quantitative estimate of drug-likeness (QED) is 0.659. The van der Waals surface area contributed by atoms with Crippen LogP contribution in [0.5, 0.6) is 0 Å². The summed E-state index contributed by atoms with van der Waals surface area (Å²) in [6.07, 6.45) is 8.99. The number of aliphatic carboxylic acids is 1. The van der Waals surface area contributed by atoms with E-state index >= 15 is 0 Å². The molecule has 4 nitrogen and oxygen atoms in total. The molecule has 0 aromatic rings. The monoisotopic (exact) mass is 392 g/mol. The first-order valence-corrected chi connectivity index (χ1v) is 11.8. The van der Waals surface area contributed by atoms with Gasteiger partial charge in [0.15, 0.2) is 0 Å². The number of rotatable bonds is 4. The maximum Gasteiger partial charge on any atom is 0.303 e. The van der Waals surface area contributed by atoms with E-state index in [0.29, 0.717) is 35.5 Å². The Morgan fingerprint density at radius 3 is 2.50 bits per heavy atom. The van der Waals surface area contributed by atoms with Gasteiger partial charge in [-0.1, -0.05) is 20.8 Å². The second kappa shape index (κ2) is 7.27. The van der Waals surface area contributed by atoms with Crippen molar-refractivity contribution in [3.8, 4) is 0 Å². The molecule has 0 bridgehead atoms. The maximum atomic E-state index is 11.3. The van der Waals surface area contributed by atoms with Gasteiger partial charge >= 0.3 is 5.97 Å². The van der Waals surface area contributed by atoms with Gasteiger partial charge in [-0.2, -0.15) is 0 Å². The average Bonchev–Trinajstić information content (AvgIpc) is 2.95. The summed E-state index contributed by atoms with van der Waals surface area (Å²) in [5.74, 6) is 2.51. The van der Waals surface area contributed by atoms with Crippen LogP contribution in [0.2, 0.25) is 0 Å². The van der Waals surface area contributed by atoms with Gasteiger partial charge < -0.3 is 15.3 Å². The van der Waals surface area contributed by atoms with Crippen molar-refractivity contribution in [1.82, 2.24) is 0 Å². The summed E-state index contributed by atoms with van der Waals surface area (Å²) >= 11 is 0. The summed E-state index contributed by atoms with van der Waals surface area (Å²) in [5, 5.41) is 30.5. The van der Waals surface area contributed by atoms with Crippen molar-refractivity contribution in [3.63, 3.8) is 0 Å². The number of aliphatic hydroxyl groups excluding tert-OH is 2. The van der Waals surface area contributed by atoms with Crippen LogP contribution in [0.3, 0.4) is 0 Å². The Morgan fingerprint density at radius 2 is 1.79 bits per heavy atom. The van der Waals surface area contributed by atoms with Crippen LogP contribution in [0.1, 0.15) is 85.0 Å². The van der Waals surface area contributed by atoms with Crippen molar-refractivity contribution in [3.05, 3.63) is 0 Å². The lowest BCUT2D eigenvalue weighted by atomic mass is 9.42. The summed E-state index contributed by atoms with van der Waals surface area (Å²) < 4.78 is 0. The molecule has 4 aliphatic carbocycles. The number of hydrogen-bond acceptors (Lipinski definition) is 3. The number of fused-ring (bicyclic) bond motifs is 5. The van der Waals surface area contributed by atoms with Crippen molar-refractivity contribution in [2.75, 3.05) is 0 Å². The topological polar surface area (TPSA) is 77.8 Å². The highest BCUT2D eigenvalue weighted by atomic mass is 16.4. The van der Waals surface area contributed by atoms with Crippen LogP contribution in [0.15, 0.2) is 0 Å². The van der Waals surface area contributed by atoms with Crippen molar-refractivity contribution < 1.29 is 20.1 Å². The van der Waals surface area contributed by atoms with Crippen molar-refractivity contribution in [1.29, 1.82) is 0 Å². The fraction of sp³-hybridized carbons (Fsp3) is 0.958.